The summed E-state index contributed by atoms with van der Waals surface area (Å²) in [4.78, 5) is 12.1. The number of amides is 1. The molecule has 2 N–H and O–H groups in total. The first-order chi connectivity index (χ1) is 9.71. The molecule has 0 heterocycles. The highest BCUT2D eigenvalue weighted by Gasteiger charge is 2.36. The average Bonchev–Trinajstić information content (AvgIpc) is 2.43. The highest BCUT2D eigenvalue weighted by Crippen LogP contribution is 2.39. The number of nitrogens with one attached hydrogen (secondary N) is 1. The van der Waals surface area contributed by atoms with Crippen LogP contribution in [-0.2, 0) is 0 Å². The van der Waals surface area contributed by atoms with Crippen LogP contribution < -0.4 is 5.32 Å². The van der Waals surface area contributed by atoms with E-state index in [0.717, 1.165) is 12.8 Å². The van der Waals surface area contributed by atoms with E-state index >= 15 is 0 Å². The van der Waals surface area contributed by atoms with Crippen LogP contribution in [0.15, 0.2) is 22.7 Å². The molecule has 1 aliphatic rings. The summed E-state index contributed by atoms with van der Waals surface area (Å²) in [5, 5.41) is 13.3. The number of benzene rings is 1. The molecule has 0 aromatic heterocycles. The van der Waals surface area contributed by atoms with Crippen LogP contribution in [-0.4, -0.2) is 23.2 Å². The molecular formula is C16H21BrFNO2. The number of carbonyl (C=O) groups is 1. The van der Waals surface area contributed by atoms with E-state index in [1.807, 2.05) is 0 Å². The Hall–Kier alpha value is -0.940. The van der Waals surface area contributed by atoms with Crippen LogP contribution in [0.1, 0.15) is 49.9 Å². The van der Waals surface area contributed by atoms with Gasteiger partial charge in [0.1, 0.15) is 5.82 Å². The molecule has 3 nitrogen and oxygen atoms in total. The van der Waals surface area contributed by atoms with Crippen LogP contribution >= 0.6 is 15.9 Å². The summed E-state index contributed by atoms with van der Waals surface area (Å²) >= 11 is 3.06. The van der Waals surface area contributed by atoms with Gasteiger partial charge in [0.2, 0.25) is 0 Å². The molecule has 0 aliphatic heterocycles. The number of hydrogen-bond donors (Lipinski definition) is 2. The van der Waals surface area contributed by atoms with Crippen molar-refractivity contribution in [3.63, 3.8) is 0 Å². The van der Waals surface area contributed by atoms with E-state index in [-0.39, 0.29) is 22.3 Å². The van der Waals surface area contributed by atoms with Crippen LogP contribution in [0.5, 0.6) is 0 Å². The van der Waals surface area contributed by atoms with Crippen molar-refractivity contribution in [2.24, 2.45) is 5.41 Å². The van der Waals surface area contributed by atoms with Gasteiger partial charge in [0, 0.05) is 12.1 Å². The zero-order valence-corrected chi connectivity index (χ0v) is 14.0. The molecule has 0 bridgehead atoms. The predicted octanol–water partition coefficient (Wildman–Crippen LogP) is 3.65. The third kappa shape index (κ3) is 4.27. The van der Waals surface area contributed by atoms with Crippen molar-refractivity contribution in [1.82, 2.24) is 5.32 Å². The van der Waals surface area contributed by atoms with E-state index < -0.39 is 11.4 Å². The second-order valence-electron chi connectivity index (χ2n) is 6.70. The zero-order chi connectivity index (χ0) is 15.7. The third-order valence-corrected chi connectivity index (χ3v) is 4.90. The SMILES string of the molecule is CC1(C)CCC(O)(CNC(=O)c2ccc(F)c(Br)c2)CC1. The number of aliphatic hydroxyl groups is 1. The third-order valence-electron chi connectivity index (χ3n) is 4.29. The van der Waals surface area contributed by atoms with Crippen molar-refractivity contribution in [3.8, 4) is 0 Å². The largest absolute Gasteiger partial charge is 0.388 e. The van der Waals surface area contributed by atoms with Crippen molar-refractivity contribution in [2.45, 2.75) is 45.1 Å². The Morgan fingerprint density at radius 3 is 2.52 bits per heavy atom. The fourth-order valence-corrected chi connectivity index (χ4v) is 2.93. The summed E-state index contributed by atoms with van der Waals surface area (Å²) in [5.74, 6) is -0.700. The standard InChI is InChI=1S/C16H21BrFNO2/c1-15(2)5-7-16(21,8-6-15)10-19-14(20)11-3-4-13(18)12(17)9-11/h3-4,9,21H,5-8,10H2,1-2H3,(H,19,20). The molecule has 1 amide bonds. The molecule has 0 radical (unpaired) electrons. The lowest BCUT2D eigenvalue weighted by molar-refractivity contribution is -0.0233. The Kier molecular flexibility index (Phi) is 4.73. The molecule has 1 aliphatic carbocycles. The molecule has 0 atom stereocenters. The highest BCUT2D eigenvalue weighted by atomic mass is 79.9. The van der Waals surface area contributed by atoms with E-state index in [2.05, 4.69) is 35.1 Å². The molecule has 0 saturated heterocycles. The summed E-state index contributed by atoms with van der Waals surface area (Å²) in [6.07, 6.45) is 3.27. The van der Waals surface area contributed by atoms with Gasteiger partial charge in [-0.05, 0) is 65.2 Å². The van der Waals surface area contributed by atoms with Crippen molar-refractivity contribution >= 4 is 21.8 Å². The Morgan fingerprint density at radius 2 is 1.95 bits per heavy atom. The molecule has 1 aromatic rings. The van der Waals surface area contributed by atoms with Gasteiger partial charge in [-0.25, -0.2) is 4.39 Å². The second-order valence-corrected chi connectivity index (χ2v) is 7.55. The molecule has 1 fully saturated rings. The fourth-order valence-electron chi connectivity index (χ4n) is 2.55. The minimum atomic E-state index is -0.831. The fraction of sp³-hybridized carbons (Fsp3) is 0.562. The molecule has 2 rings (SSSR count). The molecule has 0 unspecified atom stereocenters. The smallest absolute Gasteiger partial charge is 0.251 e. The van der Waals surface area contributed by atoms with Gasteiger partial charge in [-0.15, -0.1) is 0 Å². The number of hydrogen-bond acceptors (Lipinski definition) is 2. The Labute approximate surface area is 133 Å². The van der Waals surface area contributed by atoms with Gasteiger partial charge in [0.15, 0.2) is 0 Å². The van der Waals surface area contributed by atoms with E-state index in [0.29, 0.717) is 18.4 Å². The number of rotatable bonds is 3. The Balaban J connectivity index is 1.93. The molecule has 116 valence electrons. The van der Waals surface area contributed by atoms with Crippen molar-refractivity contribution < 1.29 is 14.3 Å². The first-order valence-corrected chi connectivity index (χ1v) is 7.96. The first kappa shape index (κ1) is 16.4. The van der Waals surface area contributed by atoms with Gasteiger partial charge < -0.3 is 10.4 Å². The normalized spacial score (nSPS) is 20.0. The van der Waals surface area contributed by atoms with E-state index in [1.54, 1.807) is 0 Å². The average molecular weight is 358 g/mol. The van der Waals surface area contributed by atoms with Crippen molar-refractivity contribution in [2.75, 3.05) is 6.54 Å². The van der Waals surface area contributed by atoms with Gasteiger partial charge in [0.05, 0.1) is 10.1 Å². The van der Waals surface area contributed by atoms with Gasteiger partial charge >= 0.3 is 0 Å². The zero-order valence-electron chi connectivity index (χ0n) is 12.4. The van der Waals surface area contributed by atoms with E-state index in [1.165, 1.54) is 18.2 Å². The molecule has 21 heavy (non-hydrogen) atoms. The quantitative estimate of drug-likeness (QED) is 0.867. The van der Waals surface area contributed by atoms with Crippen LogP contribution in [0.3, 0.4) is 0 Å². The minimum absolute atomic E-state index is 0.233. The summed E-state index contributed by atoms with van der Waals surface area (Å²) in [6.45, 7) is 4.62. The van der Waals surface area contributed by atoms with Gasteiger partial charge in [0.25, 0.3) is 5.91 Å². The van der Waals surface area contributed by atoms with Crippen LogP contribution in [0.2, 0.25) is 0 Å². The van der Waals surface area contributed by atoms with Gasteiger partial charge in [-0.3, -0.25) is 4.79 Å². The van der Waals surface area contributed by atoms with Gasteiger partial charge in [-0.1, -0.05) is 13.8 Å². The molecule has 1 saturated carbocycles. The molecule has 0 spiro atoms. The maximum absolute atomic E-state index is 13.2. The summed E-state index contributed by atoms with van der Waals surface area (Å²) in [5.41, 5.74) is -0.191. The topological polar surface area (TPSA) is 49.3 Å². The van der Waals surface area contributed by atoms with Crippen molar-refractivity contribution in [1.29, 1.82) is 0 Å². The summed E-state index contributed by atoms with van der Waals surface area (Å²) in [7, 11) is 0. The molecular weight excluding hydrogens is 337 g/mol. The summed E-state index contributed by atoms with van der Waals surface area (Å²) < 4.78 is 13.4. The van der Waals surface area contributed by atoms with E-state index in [9.17, 15) is 14.3 Å². The lowest BCUT2D eigenvalue weighted by Crippen LogP contribution is -2.46. The van der Waals surface area contributed by atoms with E-state index in [4.69, 9.17) is 0 Å². The number of carbonyl (C=O) groups excluding carboxylic acids is 1. The predicted molar refractivity (Wildman–Crippen MR) is 83.6 cm³/mol. The van der Waals surface area contributed by atoms with Gasteiger partial charge in [-0.2, -0.15) is 0 Å². The Morgan fingerprint density at radius 1 is 1.33 bits per heavy atom. The second kappa shape index (κ2) is 6.05. The lowest BCUT2D eigenvalue weighted by Gasteiger charge is -2.40. The number of halogens is 2. The molecule has 1 aromatic carbocycles. The summed E-state index contributed by atoms with van der Waals surface area (Å²) in [6, 6.07) is 4.12. The van der Waals surface area contributed by atoms with Crippen LogP contribution in [0.4, 0.5) is 4.39 Å². The van der Waals surface area contributed by atoms with Crippen molar-refractivity contribution in [3.05, 3.63) is 34.1 Å². The maximum Gasteiger partial charge on any atom is 0.251 e. The molecule has 5 heteroatoms. The Bertz CT molecular complexity index is 535. The monoisotopic (exact) mass is 357 g/mol. The first-order valence-electron chi connectivity index (χ1n) is 7.17. The highest BCUT2D eigenvalue weighted by molar-refractivity contribution is 9.10. The lowest BCUT2D eigenvalue weighted by atomic mass is 9.71. The maximum atomic E-state index is 13.2. The van der Waals surface area contributed by atoms with Crippen LogP contribution in [0.25, 0.3) is 0 Å². The minimum Gasteiger partial charge on any atom is -0.388 e. The van der Waals surface area contributed by atoms with Crippen LogP contribution in [0, 0.1) is 11.2 Å².